The van der Waals surface area contributed by atoms with Crippen molar-refractivity contribution in [1.29, 1.82) is 0 Å². The molecule has 1 amide bonds. The lowest BCUT2D eigenvalue weighted by atomic mass is 9.68. The molecule has 3 rings (SSSR count). The van der Waals surface area contributed by atoms with Gasteiger partial charge in [0.1, 0.15) is 5.75 Å². The molecule has 1 aliphatic heterocycles. The predicted octanol–water partition coefficient (Wildman–Crippen LogP) is 3.70. The third-order valence-electron chi connectivity index (χ3n) is 5.51. The van der Waals surface area contributed by atoms with Crippen LogP contribution in [-0.4, -0.2) is 43.7 Å². The van der Waals surface area contributed by atoms with Gasteiger partial charge in [0.05, 0.1) is 25.2 Å². The highest BCUT2D eigenvalue weighted by Crippen LogP contribution is 2.42. The first-order chi connectivity index (χ1) is 12.0. The molecule has 1 heterocycles. The van der Waals surface area contributed by atoms with Gasteiger partial charge >= 0.3 is 0 Å². The van der Waals surface area contributed by atoms with Gasteiger partial charge in [-0.25, -0.2) is 0 Å². The van der Waals surface area contributed by atoms with Gasteiger partial charge in [0, 0.05) is 13.1 Å². The van der Waals surface area contributed by atoms with Crippen molar-refractivity contribution in [2.45, 2.75) is 50.5 Å². The van der Waals surface area contributed by atoms with Crippen LogP contribution >= 0.6 is 0 Å². The molecule has 1 aliphatic carbocycles. The number of nitrogens with zero attached hydrogens (tertiary/aromatic N) is 1. The van der Waals surface area contributed by atoms with Crippen LogP contribution in [0.2, 0.25) is 0 Å². The standard InChI is InChI=1S/C21H29NO3/c1-16-13-22(14-17(2)25-15-16)20(23)21(11-5-4-6-12-21)18-7-9-19(24-3)10-8-18/h7-10,17H,1,4-6,11-15H2,2-3H3. The van der Waals surface area contributed by atoms with Crippen LogP contribution in [0.3, 0.4) is 0 Å². The highest BCUT2D eigenvalue weighted by molar-refractivity contribution is 5.88. The lowest BCUT2D eigenvalue weighted by Gasteiger charge is -2.40. The summed E-state index contributed by atoms with van der Waals surface area (Å²) in [7, 11) is 1.67. The molecule has 136 valence electrons. The van der Waals surface area contributed by atoms with Crippen molar-refractivity contribution in [2.75, 3.05) is 26.8 Å². The maximum atomic E-state index is 13.7. The SMILES string of the molecule is C=C1COC(C)CN(C(=O)C2(c3ccc(OC)cc3)CCCCC2)C1. The maximum Gasteiger partial charge on any atom is 0.233 e. The van der Waals surface area contributed by atoms with Gasteiger partial charge in [0.2, 0.25) is 5.91 Å². The van der Waals surface area contributed by atoms with Crippen molar-refractivity contribution >= 4 is 5.91 Å². The van der Waals surface area contributed by atoms with Gasteiger partial charge in [-0.15, -0.1) is 0 Å². The summed E-state index contributed by atoms with van der Waals surface area (Å²) in [5.41, 5.74) is 1.66. The summed E-state index contributed by atoms with van der Waals surface area (Å²) in [5, 5.41) is 0. The molecule has 1 saturated heterocycles. The minimum atomic E-state index is -0.422. The van der Waals surface area contributed by atoms with Gasteiger partial charge in [0.15, 0.2) is 0 Å². The Bertz CT molecular complexity index is 617. The Morgan fingerprint density at radius 3 is 2.56 bits per heavy atom. The Kier molecular flexibility index (Phi) is 5.48. The minimum Gasteiger partial charge on any atom is -0.497 e. The van der Waals surface area contributed by atoms with Gasteiger partial charge in [-0.3, -0.25) is 4.79 Å². The molecule has 25 heavy (non-hydrogen) atoms. The molecule has 4 nitrogen and oxygen atoms in total. The fourth-order valence-corrected chi connectivity index (χ4v) is 4.15. The van der Waals surface area contributed by atoms with Crippen molar-refractivity contribution in [3.8, 4) is 5.75 Å². The lowest BCUT2D eigenvalue weighted by molar-refractivity contribution is -0.139. The summed E-state index contributed by atoms with van der Waals surface area (Å²) in [5.74, 6) is 1.06. The highest BCUT2D eigenvalue weighted by Gasteiger charge is 2.44. The van der Waals surface area contributed by atoms with Crippen LogP contribution in [0.5, 0.6) is 5.75 Å². The fraction of sp³-hybridized carbons (Fsp3) is 0.571. The van der Waals surface area contributed by atoms with E-state index >= 15 is 0 Å². The zero-order chi connectivity index (χ0) is 17.9. The first-order valence-electron chi connectivity index (χ1n) is 9.27. The number of hydrogen-bond donors (Lipinski definition) is 0. The van der Waals surface area contributed by atoms with E-state index < -0.39 is 5.41 Å². The summed E-state index contributed by atoms with van der Waals surface area (Å²) in [6.07, 6.45) is 5.26. The van der Waals surface area contributed by atoms with Crippen LogP contribution in [0.15, 0.2) is 36.4 Å². The topological polar surface area (TPSA) is 38.8 Å². The number of carbonyl (C=O) groups excluding carboxylic acids is 1. The molecular formula is C21H29NO3. The van der Waals surface area contributed by atoms with E-state index in [0.29, 0.717) is 19.7 Å². The predicted molar refractivity (Wildman–Crippen MR) is 98.9 cm³/mol. The van der Waals surface area contributed by atoms with E-state index in [1.807, 2.05) is 24.0 Å². The molecule has 1 aromatic carbocycles. The van der Waals surface area contributed by atoms with Gasteiger partial charge in [-0.05, 0) is 43.0 Å². The first kappa shape index (κ1) is 18.0. The molecule has 0 bridgehead atoms. The number of methoxy groups -OCH3 is 1. The van der Waals surface area contributed by atoms with Crippen molar-refractivity contribution < 1.29 is 14.3 Å². The number of hydrogen-bond acceptors (Lipinski definition) is 3. The first-order valence-corrected chi connectivity index (χ1v) is 9.27. The van der Waals surface area contributed by atoms with Gasteiger partial charge in [-0.1, -0.05) is 38.0 Å². The van der Waals surface area contributed by atoms with Crippen molar-refractivity contribution in [2.24, 2.45) is 0 Å². The van der Waals surface area contributed by atoms with Gasteiger partial charge < -0.3 is 14.4 Å². The Morgan fingerprint density at radius 1 is 1.24 bits per heavy atom. The third kappa shape index (κ3) is 3.74. The second-order valence-electron chi connectivity index (χ2n) is 7.43. The van der Waals surface area contributed by atoms with Crippen molar-refractivity contribution in [1.82, 2.24) is 4.90 Å². The van der Waals surface area contributed by atoms with E-state index in [0.717, 1.165) is 42.6 Å². The lowest BCUT2D eigenvalue weighted by Crippen LogP contribution is -2.49. The third-order valence-corrected chi connectivity index (χ3v) is 5.51. The number of rotatable bonds is 3. The minimum absolute atomic E-state index is 0.0414. The molecule has 0 N–H and O–H groups in total. The smallest absolute Gasteiger partial charge is 0.233 e. The van der Waals surface area contributed by atoms with Crippen LogP contribution < -0.4 is 4.74 Å². The van der Waals surface area contributed by atoms with Crippen LogP contribution in [0.1, 0.15) is 44.6 Å². The van der Waals surface area contributed by atoms with Crippen LogP contribution in [-0.2, 0) is 14.9 Å². The number of benzene rings is 1. The summed E-state index contributed by atoms with van der Waals surface area (Å²) >= 11 is 0. The van der Waals surface area contributed by atoms with Crippen LogP contribution in [0, 0.1) is 0 Å². The van der Waals surface area contributed by atoms with Gasteiger partial charge in [0.25, 0.3) is 0 Å². The average Bonchev–Trinajstić information content (AvgIpc) is 2.82. The molecule has 0 radical (unpaired) electrons. The summed E-state index contributed by atoms with van der Waals surface area (Å²) in [4.78, 5) is 15.6. The van der Waals surface area contributed by atoms with Gasteiger partial charge in [-0.2, -0.15) is 0 Å². The van der Waals surface area contributed by atoms with E-state index in [-0.39, 0.29) is 12.0 Å². The van der Waals surface area contributed by atoms with Crippen LogP contribution in [0.4, 0.5) is 0 Å². The second kappa shape index (κ2) is 7.61. The van der Waals surface area contributed by atoms with Crippen molar-refractivity contribution in [3.63, 3.8) is 0 Å². The van der Waals surface area contributed by atoms with Crippen molar-refractivity contribution in [3.05, 3.63) is 42.0 Å². The van der Waals surface area contributed by atoms with E-state index in [2.05, 4.69) is 18.7 Å². The zero-order valence-electron chi connectivity index (χ0n) is 15.4. The van der Waals surface area contributed by atoms with E-state index in [1.165, 1.54) is 6.42 Å². The molecule has 1 aromatic rings. The summed E-state index contributed by atoms with van der Waals surface area (Å²) in [6.45, 7) is 7.87. The Balaban J connectivity index is 1.93. The number of amides is 1. The molecule has 1 atom stereocenters. The normalized spacial score (nSPS) is 23.8. The molecule has 0 spiro atoms. The van der Waals surface area contributed by atoms with E-state index in [4.69, 9.17) is 9.47 Å². The largest absolute Gasteiger partial charge is 0.497 e. The molecule has 2 aliphatic rings. The Morgan fingerprint density at radius 2 is 1.92 bits per heavy atom. The molecule has 1 unspecified atom stereocenters. The van der Waals surface area contributed by atoms with Crippen LogP contribution in [0.25, 0.3) is 0 Å². The van der Waals surface area contributed by atoms with E-state index in [9.17, 15) is 4.79 Å². The molecule has 4 heteroatoms. The second-order valence-corrected chi connectivity index (χ2v) is 7.43. The molecular weight excluding hydrogens is 314 g/mol. The molecule has 1 saturated carbocycles. The average molecular weight is 343 g/mol. The molecule has 0 aromatic heterocycles. The summed E-state index contributed by atoms with van der Waals surface area (Å²) in [6, 6.07) is 8.06. The molecule has 2 fully saturated rings. The zero-order valence-corrected chi connectivity index (χ0v) is 15.4. The number of carbonyl (C=O) groups is 1. The fourth-order valence-electron chi connectivity index (χ4n) is 4.15. The maximum absolute atomic E-state index is 13.7. The Labute approximate surface area is 150 Å². The Hall–Kier alpha value is -1.81. The number of ether oxygens (including phenoxy) is 2. The quantitative estimate of drug-likeness (QED) is 0.786. The van der Waals surface area contributed by atoms with E-state index in [1.54, 1.807) is 7.11 Å². The highest BCUT2D eigenvalue weighted by atomic mass is 16.5. The summed E-state index contributed by atoms with van der Waals surface area (Å²) < 4.78 is 11.0. The monoisotopic (exact) mass is 343 g/mol.